The number of rotatable bonds is 4. The molecular formula is C19H22FN3O4. The number of H-pyrrole nitrogens is 1. The van der Waals surface area contributed by atoms with Gasteiger partial charge in [0.25, 0.3) is 5.56 Å². The minimum absolute atomic E-state index is 0.0399. The summed E-state index contributed by atoms with van der Waals surface area (Å²) in [5.41, 5.74) is 0.909. The van der Waals surface area contributed by atoms with E-state index in [2.05, 4.69) is 10.3 Å². The number of likely N-dealkylation sites (tertiary alicyclic amines) is 1. The summed E-state index contributed by atoms with van der Waals surface area (Å²) < 4.78 is 13.9. The van der Waals surface area contributed by atoms with Crippen LogP contribution >= 0.6 is 0 Å². The number of piperidine rings is 1. The first kappa shape index (κ1) is 18.9. The van der Waals surface area contributed by atoms with Gasteiger partial charge in [-0.1, -0.05) is 6.07 Å². The van der Waals surface area contributed by atoms with Gasteiger partial charge in [0.05, 0.1) is 5.39 Å². The number of hydrogen-bond donors (Lipinski definition) is 3. The van der Waals surface area contributed by atoms with E-state index >= 15 is 0 Å². The third-order valence-electron chi connectivity index (χ3n) is 5.02. The Balaban J connectivity index is 1.64. The van der Waals surface area contributed by atoms with E-state index < -0.39 is 17.5 Å². The number of nitrogens with one attached hydrogen (secondary N) is 2. The first-order chi connectivity index (χ1) is 12.8. The summed E-state index contributed by atoms with van der Waals surface area (Å²) in [5.74, 6) is -0.599. The number of halogens is 1. The maximum absolute atomic E-state index is 13.9. The molecule has 1 aromatic carbocycles. The Bertz CT molecular complexity index is 932. The Morgan fingerprint density at radius 1 is 1.33 bits per heavy atom. The van der Waals surface area contributed by atoms with Gasteiger partial charge in [-0.2, -0.15) is 0 Å². The van der Waals surface area contributed by atoms with E-state index in [4.69, 9.17) is 5.11 Å². The topological polar surface area (TPSA) is 103 Å². The van der Waals surface area contributed by atoms with Gasteiger partial charge in [-0.15, -0.1) is 0 Å². The van der Waals surface area contributed by atoms with Gasteiger partial charge >= 0.3 is 6.09 Å². The Morgan fingerprint density at radius 2 is 2.04 bits per heavy atom. The molecule has 1 aliphatic rings. The van der Waals surface area contributed by atoms with E-state index in [1.165, 1.54) is 6.07 Å². The van der Waals surface area contributed by atoms with E-state index in [1.807, 2.05) is 6.92 Å². The first-order valence-electron chi connectivity index (χ1n) is 8.93. The highest BCUT2D eigenvalue weighted by Gasteiger charge is 2.23. The number of aryl methyl sites for hydroxylation is 2. The van der Waals surface area contributed by atoms with Gasteiger partial charge in [0, 0.05) is 31.2 Å². The normalized spacial score (nSPS) is 15.1. The smallest absolute Gasteiger partial charge is 0.404 e. The molecule has 1 saturated heterocycles. The molecule has 0 saturated carbocycles. The molecule has 1 aromatic heterocycles. The Labute approximate surface area is 155 Å². The van der Waals surface area contributed by atoms with Crippen LogP contribution in [0.4, 0.5) is 9.18 Å². The predicted molar refractivity (Wildman–Crippen MR) is 98.3 cm³/mol. The molecule has 0 radical (unpaired) electrons. The molecule has 3 N–H and O–H groups in total. The number of carboxylic acid groups (broad SMARTS) is 1. The molecular weight excluding hydrogens is 353 g/mol. The fraction of sp³-hybridized carbons (Fsp3) is 0.421. The molecule has 0 unspecified atom stereocenters. The molecule has 0 atom stereocenters. The lowest BCUT2D eigenvalue weighted by molar-refractivity contribution is -0.132. The van der Waals surface area contributed by atoms with Crippen LogP contribution in [0.5, 0.6) is 0 Å². The molecule has 2 aromatic rings. The standard InChI is InChI=1S/C19H22FN3O4/c1-11-2-4-15(20)17-14(11)10-13(21-18(17)25)3-5-16(24)23-8-6-12(7-9-23)22-19(26)27/h2,4,10,12,22H,3,5-9H2,1H3,(H,21,25)(H,26,27). The van der Waals surface area contributed by atoms with Crippen molar-refractivity contribution in [2.75, 3.05) is 13.1 Å². The molecule has 144 valence electrons. The van der Waals surface area contributed by atoms with Crippen LogP contribution in [0.1, 0.15) is 30.5 Å². The van der Waals surface area contributed by atoms with Gasteiger partial charge in [0.15, 0.2) is 0 Å². The second kappa shape index (κ2) is 7.77. The monoisotopic (exact) mass is 375 g/mol. The molecule has 0 bridgehead atoms. The van der Waals surface area contributed by atoms with E-state index in [0.717, 1.165) is 5.56 Å². The zero-order chi connectivity index (χ0) is 19.6. The molecule has 3 rings (SSSR count). The van der Waals surface area contributed by atoms with Crippen LogP contribution in [0.3, 0.4) is 0 Å². The van der Waals surface area contributed by atoms with Crippen LogP contribution in [0.2, 0.25) is 0 Å². The third kappa shape index (κ3) is 4.27. The highest BCUT2D eigenvalue weighted by atomic mass is 19.1. The molecule has 0 spiro atoms. The Morgan fingerprint density at radius 3 is 2.70 bits per heavy atom. The number of pyridine rings is 1. The maximum atomic E-state index is 13.9. The van der Waals surface area contributed by atoms with Gasteiger partial charge in [0.1, 0.15) is 5.82 Å². The molecule has 2 amide bonds. The summed E-state index contributed by atoms with van der Waals surface area (Å²) in [6.07, 6.45) is 0.707. The fourth-order valence-corrected chi connectivity index (χ4v) is 3.51. The number of carbonyl (C=O) groups is 2. The summed E-state index contributed by atoms with van der Waals surface area (Å²) in [4.78, 5) is 39.6. The lowest BCUT2D eigenvalue weighted by atomic mass is 10.0. The van der Waals surface area contributed by atoms with Crippen molar-refractivity contribution in [2.24, 2.45) is 0 Å². The number of nitrogens with zero attached hydrogens (tertiary/aromatic N) is 1. The predicted octanol–water partition coefficient (Wildman–Crippen LogP) is 2.17. The SMILES string of the molecule is Cc1ccc(F)c2c(=O)[nH]c(CCC(=O)N3CCC(NC(=O)O)CC3)cc12. The van der Waals surface area contributed by atoms with Crippen molar-refractivity contribution < 1.29 is 19.1 Å². The van der Waals surface area contributed by atoms with E-state index in [-0.39, 0.29) is 23.8 Å². The van der Waals surface area contributed by atoms with Gasteiger partial charge in [-0.05, 0) is 49.3 Å². The highest BCUT2D eigenvalue weighted by Crippen LogP contribution is 2.19. The second-order valence-corrected chi connectivity index (χ2v) is 6.88. The van der Waals surface area contributed by atoms with Crippen molar-refractivity contribution in [1.82, 2.24) is 15.2 Å². The molecule has 7 nitrogen and oxygen atoms in total. The van der Waals surface area contributed by atoms with Crippen LogP contribution in [0.25, 0.3) is 10.8 Å². The third-order valence-corrected chi connectivity index (χ3v) is 5.02. The highest BCUT2D eigenvalue weighted by molar-refractivity contribution is 5.85. The van der Waals surface area contributed by atoms with Crippen LogP contribution < -0.4 is 10.9 Å². The van der Waals surface area contributed by atoms with Crippen molar-refractivity contribution in [3.63, 3.8) is 0 Å². The van der Waals surface area contributed by atoms with Crippen molar-refractivity contribution in [3.8, 4) is 0 Å². The molecule has 27 heavy (non-hydrogen) atoms. The molecule has 0 aliphatic carbocycles. The van der Waals surface area contributed by atoms with E-state index in [0.29, 0.717) is 43.4 Å². The van der Waals surface area contributed by atoms with Crippen LogP contribution in [0, 0.1) is 12.7 Å². The molecule has 8 heteroatoms. The van der Waals surface area contributed by atoms with Gasteiger partial charge < -0.3 is 20.3 Å². The number of carbonyl (C=O) groups excluding carboxylic acids is 1. The number of hydrogen-bond acceptors (Lipinski definition) is 3. The lowest BCUT2D eigenvalue weighted by Gasteiger charge is -2.31. The number of benzene rings is 1. The summed E-state index contributed by atoms with van der Waals surface area (Å²) in [7, 11) is 0. The van der Waals surface area contributed by atoms with Crippen molar-refractivity contribution in [2.45, 2.75) is 38.6 Å². The number of aromatic nitrogens is 1. The Hall–Kier alpha value is -2.90. The number of aromatic amines is 1. The lowest BCUT2D eigenvalue weighted by Crippen LogP contribution is -2.46. The van der Waals surface area contributed by atoms with Gasteiger partial charge in [-0.25, -0.2) is 9.18 Å². The molecule has 1 fully saturated rings. The van der Waals surface area contributed by atoms with Crippen LogP contribution in [-0.2, 0) is 11.2 Å². The van der Waals surface area contributed by atoms with Crippen LogP contribution in [0.15, 0.2) is 23.0 Å². The number of amides is 2. The van der Waals surface area contributed by atoms with Gasteiger partial charge in [-0.3, -0.25) is 9.59 Å². The Kier molecular flexibility index (Phi) is 5.43. The minimum Gasteiger partial charge on any atom is -0.465 e. The van der Waals surface area contributed by atoms with Crippen molar-refractivity contribution in [1.29, 1.82) is 0 Å². The summed E-state index contributed by atoms with van der Waals surface area (Å²) in [6, 6.07) is 4.51. The van der Waals surface area contributed by atoms with Gasteiger partial charge in [0.2, 0.25) is 5.91 Å². The summed E-state index contributed by atoms with van der Waals surface area (Å²) in [6.45, 7) is 2.82. The van der Waals surface area contributed by atoms with E-state index in [1.54, 1.807) is 17.0 Å². The summed E-state index contributed by atoms with van der Waals surface area (Å²) in [5, 5.41) is 11.8. The zero-order valence-electron chi connectivity index (χ0n) is 15.0. The average Bonchev–Trinajstić information content (AvgIpc) is 2.62. The van der Waals surface area contributed by atoms with Crippen molar-refractivity contribution >= 4 is 22.8 Å². The molecule has 1 aliphatic heterocycles. The zero-order valence-corrected chi connectivity index (χ0v) is 15.0. The van der Waals surface area contributed by atoms with Crippen LogP contribution in [-0.4, -0.2) is 46.1 Å². The number of fused-ring (bicyclic) bond motifs is 1. The fourth-order valence-electron chi connectivity index (χ4n) is 3.51. The second-order valence-electron chi connectivity index (χ2n) is 6.88. The maximum Gasteiger partial charge on any atom is 0.404 e. The largest absolute Gasteiger partial charge is 0.465 e. The average molecular weight is 375 g/mol. The van der Waals surface area contributed by atoms with E-state index in [9.17, 15) is 18.8 Å². The molecule has 2 heterocycles. The van der Waals surface area contributed by atoms with Crippen molar-refractivity contribution in [3.05, 3.63) is 45.6 Å². The first-order valence-corrected chi connectivity index (χ1v) is 8.93. The minimum atomic E-state index is -1.05. The quantitative estimate of drug-likeness (QED) is 0.762. The summed E-state index contributed by atoms with van der Waals surface area (Å²) >= 11 is 0.